The van der Waals surface area contributed by atoms with Crippen LogP contribution in [0.3, 0.4) is 0 Å². The third-order valence-corrected chi connectivity index (χ3v) is 9.05. The zero-order chi connectivity index (χ0) is 28.6. The molecule has 1 spiro atoms. The molecule has 0 aliphatic carbocycles. The van der Waals surface area contributed by atoms with Crippen LogP contribution in [0.25, 0.3) is 6.08 Å². The molecule has 7 heteroatoms. The van der Waals surface area contributed by atoms with Gasteiger partial charge >= 0.3 is 0 Å². The highest BCUT2D eigenvalue weighted by Crippen LogP contribution is 2.58. The van der Waals surface area contributed by atoms with Crippen molar-refractivity contribution in [3.05, 3.63) is 125 Å². The Morgan fingerprint density at radius 1 is 0.857 bits per heavy atom. The molecule has 1 fully saturated rings. The van der Waals surface area contributed by atoms with Gasteiger partial charge in [-0.05, 0) is 54.4 Å². The lowest BCUT2D eigenvalue weighted by atomic mass is 9.64. The number of Topliss-reactive ketones (excluding diaryl/α,β-unsaturated/α-hetero) is 2. The molecule has 206 valence electrons. The maximum Gasteiger partial charge on any atom is 0.238 e. The average molecular weight is 555 g/mol. The molecule has 1 saturated heterocycles. The monoisotopic (exact) mass is 554 g/mol. The molecular weight excluding hydrogens is 528 g/mol. The number of hydrogen-bond acceptors (Lipinski definition) is 6. The Labute approximate surface area is 242 Å². The van der Waals surface area contributed by atoms with E-state index in [0.717, 1.165) is 16.8 Å². The molecule has 1 amide bonds. The fourth-order valence-corrected chi connectivity index (χ4v) is 7.30. The Bertz CT molecular complexity index is 1850. The van der Waals surface area contributed by atoms with Crippen LogP contribution < -0.4 is 19.7 Å². The van der Waals surface area contributed by atoms with Gasteiger partial charge in [-0.15, -0.1) is 0 Å². The van der Waals surface area contributed by atoms with Crippen LogP contribution in [0.5, 0.6) is 11.5 Å². The second kappa shape index (κ2) is 8.91. The molecular formula is C35H26N2O5. The lowest BCUT2D eigenvalue weighted by Crippen LogP contribution is -2.51. The highest BCUT2D eigenvalue weighted by atomic mass is 16.7. The number of ketones is 2. The van der Waals surface area contributed by atoms with Crippen LogP contribution in [0.4, 0.5) is 11.4 Å². The van der Waals surface area contributed by atoms with Crippen LogP contribution in [0, 0.1) is 12.8 Å². The Kier molecular flexibility index (Phi) is 5.22. The highest BCUT2D eigenvalue weighted by molar-refractivity contribution is 6.18. The van der Waals surface area contributed by atoms with Gasteiger partial charge < -0.3 is 19.7 Å². The van der Waals surface area contributed by atoms with Crippen molar-refractivity contribution < 1.29 is 23.9 Å². The van der Waals surface area contributed by atoms with Gasteiger partial charge in [-0.25, -0.2) is 0 Å². The molecule has 0 saturated carbocycles. The molecule has 4 aromatic rings. The predicted octanol–water partition coefficient (Wildman–Crippen LogP) is 5.58. The summed E-state index contributed by atoms with van der Waals surface area (Å²) >= 11 is 0. The van der Waals surface area contributed by atoms with Crippen molar-refractivity contribution in [2.45, 2.75) is 24.4 Å². The molecule has 4 atom stereocenters. The summed E-state index contributed by atoms with van der Waals surface area (Å²) in [5.74, 6) is -0.828. The van der Waals surface area contributed by atoms with Gasteiger partial charge in [0.2, 0.25) is 12.7 Å². The second-order valence-corrected chi connectivity index (χ2v) is 11.2. The lowest BCUT2D eigenvalue weighted by molar-refractivity contribution is -0.121. The number of amides is 1. The highest BCUT2D eigenvalue weighted by Gasteiger charge is 2.70. The number of fused-ring (bicyclic) bond motifs is 7. The number of nitrogens with zero attached hydrogens (tertiary/aromatic N) is 1. The Hall–Kier alpha value is -5.17. The van der Waals surface area contributed by atoms with E-state index in [1.165, 1.54) is 0 Å². The predicted molar refractivity (Wildman–Crippen MR) is 158 cm³/mol. The van der Waals surface area contributed by atoms with Crippen molar-refractivity contribution in [2.24, 2.45) is 5.92 Å². The first kappa shape index (κ1) is 24.6. The van der Waals surface area contributed by atoms with Gasteiger partial charge in [-0.2, -0.15) is 0 Å². The molecule has 1 N–H and O–H groups in total. The molecule has 4 heterocycles. The van der Waals surface area contributed by atoms with E-state index >= 15 is 0 Å². The summed E-state index contributed by atoms with van der Waals surface area (Å²) in [6.45, 7) is 2.09. The third-order valence-electron chi connectivity index (χ3n) is 9.05. The molecule has 0 bridgehead atoms. The SMILES string of the molecule is Cc1ccc2c(c1)C=C[C@@H]1N2[C@H](C(=O)c2ccccc2)[C@@H](C(=O)c2ccc3c(c2)OCO3)[C@]12C(=O)Nc1ccccc12. The third kappa shape index (κ3) is 3.25. The van der Waals surface area contributed by atoms with Crippen LogP contribution in [-0.2, 0) is 10.2 Å². The lowest BCUT2D eigenvalue weighted by Gasteiger charge is -2.37. The van der Waals surface area contributed by atoms with Crippen LogP contribution in [0.2, 0.25) is 0 Å². The average Bonchev–Trinajstić information content (AvgIpc) is 3.70. The number of anilines is 2. The first-order valence-corrected chi connectivity index (χ1v) is 14.0. The van der Waals surface area contributed by atoms with E-state index in [1.54, 1.807) is 30.3 Å². The summed E-state index contributed by atoms with van der Waals surface area (Å²) in [6.07, 6.45) is 4.00. The van der Waals surface area contributed by atoms with Gasteiger partial charge in [0, 0.05) is 22.5 Å². The largest absolute Gasteiger partial charge is 0.454 e. The topological polar surface area (TPSA) is 84.9 Å². The van der Waals surface area contributed by atoms with E-state index in [1.807, 2.05) is 78.6 Å². The quantitative estimate of drug-likeness (QED) is 0.332. The molecule has 0 aromatic heterocycles. The van der Waals surface area contributed by atoms with Gasteiger partial charge in [0.1, 0.15) is 11.5 Å². The van der Waals surface area contributed by atoms with Crippen molar-refractivity contribution in [1.82, 2.24) is 0 Å². The number of benzene rings is 4. The summed E-state index contributed by atoms with van der Waals surface area (Å²) in [5.41, 5.74) is 3.69. The van der Waals surface area contributed by atoms with Crippen molar-refractivity contribution in [1.29, 1.82) is 0 Å². The zero-order valence-electron chi connectivity index (χ0n) is 22.7. The number of para-hydroxylation sites is 1. The molecule has 4 aliphatic heterocycles. The van der Waals surface area contributed by atoms with Crippen LogP contribution in [0.1, 0.15) is 37.4 Å². The number of nitrogens with one attached hydrogen (secondary N) is 1. The summed E-state index contributed by atoms with van der Waals surface area (Å²) in [6, 6.07) is 26.1. The maximum atomic E-state index is 14.9. The van der Waals surface area contributed by atoms with E-state index in [2.05, 4.69) is 11.4 Å². The molecule has 8 rings (SSSR count). The van der Waals surface area contributed by atoms with E-state index in [9.17, 15) is 14.4 Å². The van der Waals surface area contributed by atoms with Crippen LogP contribution >= 0.6 is 0 Å². The fraction of sp³-hybridized carbons (Fsp3) is 0.171. The van der Waals surface area contributed by atoms with Crippen LogP contribution in [0.15, 0.2) is 97.1 Å². The minimum atomic E-state index is -1.36. The molecule has 4 aliphatic rings. The minimum Gasteiger partial charge on any atom is -0.454 e. The zero-order valence-corrected chi connectivity index (χ0v) is 22.7. The number of carbonyl (C=O) groups excluding carboxylic acids is 3. The minimum absolute atomic E-state index is 0.0715. The van der Waals surface area contributed by atoms with Crippen molar-refractivity contribution in [3.63, 3.8) is 0 Å². The van der Waals surface area contributed by atoms with Crippen molar-refractivity contribution in [3.8, 4) is 11.5 Å². The molecule has 0 radical (unpaired) electrons. The first-order valence-electron chi connectivity index (χ1n) is 14.0. The molecule has 42 heavy (non-hydrogen) atoms. The first-order chi connectivity index (χ1) is 20.5. The van der Waals surface area contributed by atoms with Crippen LogP contribution in [-0.4, -0.2) is 36.4 Å². The van der Waals surface area contributed by atoms with E-state index in [0.29, 0.717) is 33.9 Å². The van der Waals surface area contributed by atoms with Gasteiger partial charge in [0.15, 0.2) is 23.1 Å². The van der Waals surface area contributed by atoms with Gasteiger partial charge in [-0.3, -0.25) is 14.4 Å². The molecule has 0 unspecified atom stereocenters. The van der Waals surface area contributed by atoms with E-state index in [4.69, 9.17) is 9.47 Å². The van der Waals surface area contributed by atoms with Gasteiger partial charge in [0.05, 0.1) is 12.0 Å². The number of carbonyl (C=O) groups is 3. The Morgan fingerprint density at radius 2 is 1.64 bits per heavy atom. The smallest absolute Gasteiger partial charge is 0.238 e. The van der Waals surface area contributed by atoms with Gasteiger partial charge in [-0.1, -0.05) is 72.3 Å². The summed E-state index contributed by atoms with van der Waals surface area (Å²) in [5, 5.41) is 3.07. The number of ether oxygens (including phenoxy) is 2. The summed E-state index contributed by atoms with van der Waals surface area (Å²) in [7, 11) is 0. The van der Waals surface area contributed by atoms with E-state index < -0.39 is 23.4 Å². The normalized spacial score (nSPS) is 24.3. The number of hydrogen-bond donors (Lipinski definition) is 1. The standard InChI is InChI=1S/C35H26N2O5/c1-20-11-14-26-22(17-20)13-16-29-35(24-9-5-6-10-25(24)36-34(35)40)30(31(37(26)29)33(39)21-7-3-2-4-8-21)32(38)23-12-15-27-28(18-23)42-19-41-27/h2-18,29-31H,19H2,1H3,(H,36,40)/t29-,30-,31-,35+/m0/s1. The summed E-state index contributed by atoms with van der Waals surface area (Å²) < 4.78 is 11.1. The summed E-state index contributed by atoms with van der Waals surface area (Å²) in [4.78, 5) is 46.1. The molecule has 7 nitrogen and oxygen atoms in total. The fourth-order valence-electron chi connectivity index (χ4n) is 7.30. The number of rotatable bonds is 4. The Balaban J connectivity index is 1.42. The molecule has 4 aromatic carbocycles. The van der Waals surface area contributed by atoms with Gasteiger partial charge in [0.25, 0.3) is 0 Å². The number of aryl methyl sites for hydroxylation is 1. The second-order valence-electron chi connectivity index (χ2n) is 11.2. The Morgan fingerprint density at radius 3 is 2.50 bits per heavy atom. The van der Waals surface area contributed by atoms with Crippen molar-refractivity contribution in [2.75, 3.05) is 17.0 Å². The van der Waals surface area contributed by atoms with Crippen molar-refractivity contribution >= 4 is 34.9 Å². The van der Waals surface area contributed by atoms with E-state index in [-0.39, 0.29) is 24.3 Å². The maximum absolute atomic E-state index is 14.9.